The highest BCUT2D eigenvalue weighted by Gasteiger charge is 2.32. The van der Waals surface area contributed by atoms with Crippen LogP contribution in [0.3, 0.4) is 0 Å². The van der Waals surface area contributed by atoms with Gasteiger partial charge >= 0.3 is 0 Å². The molecular weight excluding hydrogens is 288 g/mol. The Morgan fingerprint density at radius 2 is 1.77 bits per heavy atom. The van der Waals surface area contributed by atoms with E-state index < -0.39 is 5.82 Å². The van der Waals surface area contributed by atoms with Gasteiger partial charge in [0.1, 0.15) is 11.6 Å². The van der Waals surface area contributed by atoms with Crippen molar-refractivity contribution >= 4 is 5.91 Å². The van der Waals surface area contributed by atoms with Crippen LogP contribution in [0.15, 0.2) is 48.5 Å². The summed E-state index contributed by atoms with van der Waals surface area (Å²) < 4.78 is 32.0. The van der Waals surface area contributed by atoms with E-state index in [4.69, 9.17) is 4.74 Å². The molecule has 0 atom stereocenters. The topological polar surface area (TPSA) is 29.5 Å². The number of likely N-dealkylation sites (tertiary alicyclic amines) is 1. The number of ether oxygens (including phenoxy) is 1. The van der Waals surface area contributed by atoms with Crippen molar-refractivity contribution in [2.45, 2.75) is 12.7 Å². The predicted octanol–water partition coefficient (Wildman–Crippen LogP) is 3.01. The van der Waals surface area contributed by atoms with Crippen molar-refractivity contribution in [2.75, 3.05) is 13.1 Å². The van der Waals surface area contributed by atoms with Crippen molar-refractivity contribution in [3.63, 3.8) is 0 Å². The molecule has 5 heteroatoms. The van der Waals surface area contributed by atoms with Gasteiger partial charge in [-0.25, -0.2) is 8.78 Å². The Hall–Kier alpha value is -2.27. The lowest BCUT2D eigenvalue weighted by atomic mass is 10.1. The lowest BCUT2D eigenvalue weighted by Crippen LogP contribution is -2.54. The van der Waals surface area contributed by atoms with E-state index in [2.05, 4.69) is 0 Å². The van der Waals surface area contributed by atoms with Crippen LogP contribution in [0.25, 0.3) is 0 Å². The number of amides is 1. The highest BCUT2D eigenvalue weighted by molar-refractivity contribution is 5.95. The fourth-order valence-corrected chi connectivity index (χ4v) is 2.31. The van der Waals surface area contributed by atoms with Gasteiger partial charge in [-0.3, -0.25) is 4.79 Å². The second-order valence-electron chi connectivity index (χ2n) is 5.25. The molecule has 2 aromatic carbocycles. The molecule has 0 N–H and O–H groups in total. The third-order valence-electron chi connectivity index (χ3n) is 3.64. The molecular formula is C17H15F2NO2. The van der Waals surface area contributed by atoms with E-state index in [1.807, 2.05) is 0 Å². The molecule has 114 valence electrons. The van der Waals surface area contributed by atoms with Gasteiger partial charge in [0.05, 0.1) is 18.3 Å². The van der Waals surface area contributed by atoms with Crippen LogP contribution in [0, 0.1) is 11.6 Å². The molecule has 0 aromatic heterocycles. The number of rotatable bonds is 4. The van der Waals surface area contributed by atoms with Crippen LogP contribution in [0.1, 0.15) is 15.9 Å². The maximum atomic E-state index is 13.6. The number of hydrogen-bond donors (Lipinski definition) is 0. The fourth-order valence-electron chi connectivity index (χ4n) is 2.31. The lowest BCUT2D eigenvalue weighted by Gasteiger charge is -2.39. The number of hydrogen-bond acceptors (Lipinski definition) is 2. The molecule has 0 bridgehead atoms. The molecule has 0 spiro atoms. The first-order chi connectivity index (χ1) is 10.6. The predicted molar refractivity (Wildman–Crippen MR) is 77.3 cm³/mol. The first-order valence-electron chi connectivity index (χ1n) is 7.03. The lowest BCUT2D eigenvalue weighted by molar-refractivity contribution is -0.0504. The second-order valence-corrected chi connectivity index (χ2v) is 5.25. The molecule has 0 saturated carbocycles. The summed E-state index contributed by atoms with van der Waals surface area (Å²) in [4.78, 5) is 13.6. The van der Waals surface area contributed by atoms with E-state index in [1.54, 1.807) is 29.2 Å². The van der Waals surface area contributed by atoms with Crippen molar-refractivity contribution in [3.8, 4) is 0 Å². The molecule has 2 aromatic rings. The van der Waals surface area contributed by atoms with Crippen molar-refractivity contribution in [3.05, 3.63) is 71.3 Å². The molecule has 1 aliphatic heterocycles. The number of benzene rings is 2. The first-order valence-corrected chi connectivity index (χ1v) is 7.03. The smallest absolute Gasteiger partial charge is 0.257 e. The van der Waals surface area contributed by atoms with Crippen molar-refractivity contribution in [1.82, 2.24) is 4.90 Å². The van der Waals surface area contributed by atoms with Crippen LogP contribution in [0.5, 0.6) is 0 Å². The van der Waals surface area contributed by atoms with Crippen LogP contribution in [0.2, 0.25) is 0 Å². The zero-order chi connectivity index (χ0) is 15.5. The second kappa shape index (κ2) is 6.23. The minimum atomic E-state index is -0.511. The van der Waals surface area contributed by atoms with E-state index in [-0.39, 0.29) is 23.4 Å². The average molecular weight is 303 g/mol. The number of carbonyl (C=O) groups excluding carboxylic acids is 1. The summed E-state index contributed by atoms with van der Waals surface area (Å²) in [7, 11) is 0. The minimum absolute atomic E-state index is 0.0687. The first kappa shape index (κ1) is 14.7. The SMILES string of the molecule is O=C(c1ccccc1F)N1CC(OCc2ccc(F)cc2)C1. The highest BCUT2D eigenvalue weighted by atomic mass is 19.1. The van der Waals surface area contributed by atoms with Gasteiger partial charge in [0.25, 0.3) is 5.91 Å². The van der Waals surface area contributed by atoms with Crippen LogP contribution >= 0.6 is 0 Å². The van der Waals surface area contributed by atoms with Gasteiger partial charge in [0, 0.05) is 13.1 Å². The van der Waals surface area contributed by atoms with Gasteiger partial charge in [0.15, 0.2) is 0 Å². The number of nitrogens with zero attached hydrogens (tertiary/aromatic N) is 1. The molecule has 1 heterocycles. The molecule has 3 rings (SSSR count). The highest BCUT2D eigenvalue weighted by Crippen LogP contribution is 2.19. The Balaban J connectivity index is 1.49. The molecule has 1 amide bonds. The molecule has 1 aliphatic rings. The Bertz CT molecular complexity index is 667. The number of halogens is 2. The Labute approximate surface area is 127 Å². The molecule has 22 heavy (non-hydrogen) atoms. The zero-order valence-electron chi connectivity index (χ0n) is 11.8. The number of carbonyl (C=O) groups is 1. The Kier molecular flexibility index (Phi) is 4.15. The molecule has 0 radical (unpaired) electrons. The van der Waals surface area contributed by atoms with E-state index in [0.29, 0.717) is 19.7 Å². The van der Waals surface area contributed by atoms with Crippen molar-refractivity contribution in [1.29, 1.82) is 0 Å². The largest absolute Gasteiger partial charge is 0.370 e. The van der Waals surface area contributed by atoms with E-state index in [9.17, 15) is 13.6 Å². The van der Waals surface area contributed by atoms with Gasteiger partial charge in [-0.1, -0.05) is 24.3 Å². The summed E-state index contributed by atoms with van der Waals surface area (Å²) in [5, 5.41) is 0. The third kappa shape index (κ3) is 3.14. The van der Waals surface area contributed by atoms with Gasteiger partial charge in [-0.2, -0.15) is 0 Å². The zero-order valence-corrected chi connectivity index (χ0v) is 11.8. The van der Waals surface area contributed by atoms with E-state index >= 15 is 0 Å². The molecule has 1 fully saturated rings. The van der Waals surface area contributed by atoms with E-state index in [0.717, 1.165) is 5.56 Å². The minimum Gasteiger partial charge on any atom is -0.370 e. The summed E-state index contributed by atoms with van der Waals surface area (Å²) in [6.07, 6.45) is -0.0687. The molecule has 0 aliphatic carbocycles. The summed E-state index contributed by atoms with van der Waals surface area (Å²) in [6, 6.07) is 12.0. The Morgan fingerprint density at radius 3 is 2.45 bits per heavy atom. The summed E-state index contributed by atoms with van der Waals surface area (Å²) in [6.45, 7) is 1.25. The molecule has 1 saturated heterocycles. The van der Waals surface area contributed by atoms with Crippen LogP contribution < -0.4 is 0 Å². The monoisotopic (exact) mass is 303 g/mol. The van der Waals surface area contributed by atoms with Crippen molar-refractivity contribution in [2.24, 2.45) is 0 Å². The average Bonchev–Trinajstić information content (AvgIpc) is 2.47. The summed E-state index contributed by atoms with van der Waals surface area (Å²) in [5.74, 6) is -1.11. The fraction of sp³-hybridized carbons (Fsp3) is 0.235. The normalized spacial score (nSPS) is 14.7. The van der Waals surface area contributed by atoms with E-state index in [1.165, 1.54) is 24.3 Å². The maximum Gasteiger partial charge on any atom is 0.257 e. The van der Waals surface area contributed by atoms with Crippen LogP contribution in [-0.2, 0) is 11.3 Å². The Morgan fingerprint density at radius 1 is 1.09 bits per heavy atom. The molecule has 0 unspecified atom stereocenters. The summed E-state index contributed by atoms with van der Waals surface area (Å²) >= 11 is 0. The van der Waals surface area contributed by atoms with Gasteiger partial charge in [0.2, 0.25) is 0 Å². The van der Waals surface area contributed by atoms with Gasteiger partial charge < -0.3 is 9.64 Å². The van der Waals surface area contributed by atoms with Crippen LogP contribution in [-0.4, -0.2) is 30.0 Å². The third-order valence-corrected chi connectivity index (χ3v) is 3.64. The van der Waals surface area contributed by atoms with Gasteiger partial charge in [-0.05, 0) is 29.8 Å². The van der Waals surface area contributed by atoms with Gasteiger partial charge in [-0.15, -0.1) is 0 Å². The van der Waals surface area contributed by atoms with Crippen molar-refractivity contribution < 1.29 is 18.3 Å². The quantitative estimate of drug-likeness (QED) is 0.869. The maximum absolute atomic E-state index is 13.6. The molecule has 3 nitrogen and oxygen atoms in total. The summed E-state index contributed by atoms with van der Waals surface area (Å²) in [5.41, 5.74) is 0.958. The van der Waals surface area contributed by atoms with Crippen LogP contribution in [0.4, 0.5) is 8.78 Å². The standard InChI is InChI=1S/C17H15F2NO2/c18-13-7-5-12(6-8-13)11-22-14-9-20(10-14)17(21)15-3-1-2-4-16(15)19/h1-8,14H,9-11H2.